The van der Waals surface area contributed by atoms with Crippen LogP contribution in [0.25, 0.3) is 32.1 Å². The van der Waals surface area contributed by atoms with Crippen molar-refractivity contribution in [2.45, 2.75) is 26.3 Å². The van der Waals surface area contributed by atoms with Crippen LogP contribution in [0.15, 0.2) is 52.6 Å². The molecule has 2 aromatic heterocycles. The maximum absolute atomic E-state index is 13.3. The molecular formula is C21H18N2O3S. The predicted octanol–water partition coefficient (Wildman–Crippen LogP) is 4.41. The van der Waals surface area contributed by atoms with E-state index in [0.717, 1.165) is 21.9 Å². The lowest BCUT2D eigenvalue weighted by atomic mass is 10.0. The van der Waals surface area contributed by atoms with Gasteiger partial charge in [0.2, 0.25) is 0 Å². The van der Waals surface area contributed by atoms with Crippen molar-refractivity contribution in [3.63, 3.8) is 0 Å². The summed E-state index contributed by atoms with van der Waals surface area (Å²) in [4.78, 5) is 30.1. The number of carbonyl (C=O) groups is 1. The fourth-order valence-corrected chi connectivity index (χ4v) is 4.40. The first kappa shape index (κ1) is 17.4. The number of benzene rings is 2. The van der Waals surface area contributed by atoms with Crippen LogP contribution in [0.2, 0.25) is 0 Å². The predicted molar refractivity (Wildman–Crippen MR) is 109 cm³/mol. The molecule has 0 atom stereocenters. The van der Waals surface area contributed by atoms with Gasteiger partial charge in [0.05, 0.1) is 5.39 Å². The second kappa shape index (κ2) is 6.03. The Morgan fingerprint density at radius 1 is 1.15 bits per heavy atom. The van der Waals surface area contributed by atoms with Gasteiger partial charge in [-0.05, 0) is 43.2 Å². The second-order valence-electron chi connectivity index (χ2n) is 7.06. The summed E-state index contributed by atoms with van der Waals surface area (Å²) in [7, 11) is 0. The summed E-state index contributed by atoms with van der Waals surface area (Å²) in [6.45, 7) is 4.69. The van der Waals surface area contributed by atoms with Gasteiger partial charge in [-0.1, -0.05) is 36.4 Å². The molecule has 2 heterocycles. The summed E-state index contributed by atoms with van der Waals surface area (Å²) in [6.07, 6.45) is 0. The molecule has 136 valence electrons. The molecule has 0 saturated heterocycles. The Kier molecular flexibility index (Phi) is 3.89. The number of aliphatic carboxylic acids is 1. The summed E-state index contributed by atoms with van der Waals surface area (Å²) in [5, 5.41) is 14.2. The molecule has 5 nitrogen and oxygen atoms in total. The summed E-state index contributed by atoms with van der Waals surface area (Å²) in [6, 6.07) is 14.1. The van der Waals surface area contributed by atoms with Gasteiger partial charge in [-0.25, -0.2) is 9.78 Å². The Morgan fingerprint density at radius 2 is 1.85 bits per heavy atom. The molecule has 1 N–H and O–H groups in total. The minimum Gasteiger partial charge on any atom is -0.480 e. The smallest absolute Gasteiger partial charge is 0.329 e. The van der Waals surface area contributed by atoms with Gasteiger partial charge in [-0.3, -0.25) is 9.36 Å². The van der Waals surface area contributed by atoms with E-state index in [1.54, 1.807) is 6.92 Å². The number of thiophene rings is 1. The highest BCUT2D eigenvalue weighted by molar-refractivity contribution is 7.17. The van der Waals surface area contributed by atoms with E-state index in [2.05, 4.69) is 4.98 Å². The number of aromatic nitrogens is 2. The molecule has 0 amide bonds. The van der Waals surface area contributed by atoms with E-state index < -0.39 is 11.5 Å². The van der Waals surface area contributed by atoms with Gasteiger partial charge in [0.1, 0.15) is 16.2 Å². The highest BCUT2D eigenvalue weighted by Gasteiger charge is 2.33. The van der Waals surface area contributed by atoms with Gasteiger partial charge >= 0.3 is 5.97 Å². The molecule has 2 aromatic carbocycles. The van der Waals surface area contributed by atoms with Crippen molar-refractivity contribution in [1.29, 1.82) is 0 Å². The molecule has 6 heteroatoms. The first-order chi connectivity index (χ1) is 12.8. The van der Waals surface area contributed by atoms with E-state index >= 15 is 0 Å². The van der Waals surface area contributed by atoms with Crippen LogP contribution >= 0.6 is 11.3 Å². The zero-order valence-electron chi connectivity index (χ0n) is 15.2. The van der Waals surface area contributed by atoms with Crippen molar-refractivity contribution in [2.24, 2.45) is 0 Å². The molecule has 0 aliphatic rings. The highest BCUT2D eigenvalue weighted by atomic mass is 32.1. The second-order valence-corrected chi connectivity index (χ2v) is 7.91. The molecule has 0 fully saturated rings. The summed E-state index contributed by atoms with van der Waals surface area (Å²) < 4.78 is 1.27. The number of hydrogen-bond acceptors (Lipinski definition) is 4. The molecule has 0 radical (unpaired) electrons. The topological polar surface area (TPSA) is 72.2 Å². The van der Waals surface area contributed by atoms with Crippen LogP contribution in [0.1, 0.15) is 19.7 Å². The van der Waals surface area contributed by atoms with Crippen molar-refractivity contribution in [3.8, 4) is 11.1 Å². The van der Waals surface area contributed by atoms with Crippen molar-refractivity contribution in [3.05, 3.63) is 64.0 Å². The number of rotatable bonds is 3. The van der Waals surface area contributed by atoms with Gasteiger partial charge < -0.3 is 5.11 Å². The standard InChI is InChI=1S/C21H18N2O3S/c1-12-22-18-17(19(24)23(12)21(2,3)20(25)26)16(11-27-18)15-9-8-13-6-4-5-7-14(13)10-15/h4-11H,1-3H3,(H,25,26). The fourth-order valence-electron chi connectivity index (χ4n) is 3.42. The van der Waals surface area contributed by atoms with Crippen LogP contribution in [-0.2, 0) is 10.3 Å². The molecule has 0 spiro atoms. The lowest BCUT2D eigenvalue weighted by Crippen LogP contribution is -2.44. The number of fused-ring (bicyclic) bond motifs is 2. The zero-order chi connectivity index (χ0) is 19.3. The summed E-state index contributed by atoms with van der Waals surface area (Å²) in [5.41, 5.74) is -0.00446. The van der Waals surface area contributed by atoms with Crippen molar-refractivity contribution in [1.82, 2.24) is 9.55 Å². The zero-order valence-corrected chi connectivity index (χ0v) is 16.0. The number of nitrogens with zero attached hydrogens (tertiary/aromatic N) is 2. The Hall–Kier alpha value is -2.99. The normalized spacial score (nSPS) is 12.0. The molecule has 0 saturated carbocycles. The minimum absolute atomic E-state index is 0.325. The van der Waals surface area contributed by atoms with E-state index in [-0.39, 0.29) is 5.56 Å². The fraction of sp³-hybridized carbons (Fsp3) is 0.190. The van der Waals surface area contributed by atoms with Crippen LogP contribution in [0, 0.1) is 6.92 Å². The van der Waals surface area contributed by atoms with Crippen LogP contribution in [-0.4, -0.2) is 20.6 Å². The number of carboxylic acids is 1. The quantitative estimate of drug-likeness (QED) is 0.573. The lowest BCUT2D eigenvalue weighted by Gasteiger charge is -2.24. The molecule has 0 unspecified atom stereocenters. The third-order valence-corrected chi connectivity index (χ3v) is 5.79. The highest BCUT2D eigenvalue weighted by Crippen LogP contribution is 2.33. The summed E-state index contributed by atoms with van der Waals surface area (Å²) >= 11 is 1.40. The van der Waals surface area contributed by atoms with Gasteiger partial charge in [0, 0.05) is 10.9 Å². The van der Waals surface area contributed by atoms with Crippen molar-refractivity contribution < 1.29 is 9.90 Å². The van der Waals surface area contributed by atoms with E-state index in [1.807, 2.05) is 47.8 Å². The molecule has 4 aromatic rings. The molecule has 27 heavy (non-hydrogen) atoms. The van der Waals surface area contributed by atoms with Crippen LogP contribution in [0.3, 0.4) is 0 Å². The van der Waals surface area contributed by atoms with Gasteiger partial charge in [-0.15, -0.1) is 11.3 Å². The maximum atomic E-state index is 13.3. The van der Waals surface area contributed by atoms with Crippen molar-refractivity contribution in [2.75, 3.05) is 0 Å². The van der Waals surface area contributed by atoms with E-state index in [1.165, 1.54) is 29.8 Å². The average molecular weight is 378 g/mol. The first-order valence-corrected chi connectivity index (χ1v) is 9.42. The third kappa shape index (κ3) is 2.64. The third-order valence-electron chi connectivity index (χ3n) is 4.92. The van der Waals surface area contributed by atoms with Crippen LogP contribution < -0.4 is 5.56 Å². The Balaban J connectivity index is 2.02. The lowest BCUT2D eigenvalue weighted by molar-refractivity contribution is -0.145. The van der Waals surface area contributed by atoms with Gasteiger partial charge in [0.25, 0.3) is 5.56 Å². The molecule has 4 rings (SSSR count). The molecular weight excluding hydrogens is 360 g/mol. The van der Waals surface area contributed by atoms with E-state index in [9.17, 15) is 14.7 Å². The van der Waals surface area contributed by atoms with E-state index in [0.29, 0.717) is 16.0 Å². The number of hydrogen-bond donors (Lipinski definition) is 1. The average Bonchev–Trinajstić information content (AvgIpc) is 3.05. The minimum atomic E-state index is -1.38. The monoisotopic (exact) mass is 378 g/mol. The molecule has 0 aliphatic heterocycles. The number of aryl methyl sites for hydroxylation is 1. The Morgan fingerprint density at radius 3 is 2.56 bits per heavy atom. The molecule has 0 bridgehead atoms. The van der Waals surface area contributed by atoms with Crippen LogP contribution in [0.5, 0.6) is 0 Å². The maximum Gasteiger partial charge on any atom is 0.329 e. The Labute approximate surface area is 159 Å². The first-order valence-electron chi connectivity index (χ1n) is 8.54. The summed E-state index contributed by atoms with van der Waals surface area (Å²) in [5.74, 6) is -0.678. The van der Waals surface area contributed by atoms with Crippen LogP contribution in [0.4, 0.5) is 0 Å². The Bertz CT molecular complexity index is 1270. The SMILES string of the molecule is Cc1nc2scc(-c3ccc4ccccc4c3)c2c(=O)n1C(C)(C)C(=O)O. The van der Waals surface area contributed by atoms with Gasteiger partial charge in [-0.2, -0.15) is 0 Å². The molecule has 0 aliphatic carbocycles. The largest absolute Gasteiger partial charge is 0.480 e. The van der Waals surface area contributed by atoms with Gasteiger partial charge in [0.15, 0.2) is 0 Å². The van der Waals surface area contributed by atoms with E-state index in [4.69, 9.17) is 0 Å². The number of carboxylic acid groups (broad SMARTS) is 1. The van der Waals surface area contributed by atoms with Crippen molar-refractivity contribution >= 4 is 38.3 Å².